The van der Waals surface area contributed by atoms with Crippen molar-refractivity contribution in [1.29, 1.82) is 0 Å². The lowest BCUT2D eigenvalue weighted by Gasteiger charge is -2.34. The van der Waals surface area contributed by atoms with Crippen LogP contribution in [-0.2, 0) is 32.6 Å². The topological polar surface area (TPSA) is 114 Å². The zero-order valence-corrected chi connectivity index (χ0v) is 30.5. The van der Waals surface area contributed by atoms with Gasteiger partial charge in [-0.15, -0.1) is 0 Å². The monoisotopic (exact) mass is 721 g/mol. The molecule has 1 N–H and O–H groups in total. The summed E-state index contributed by atoms with van der Waals surface area (Å²) in [4.78, 5) is 30.1. The molecule has 0 aliphatic heterocycles. The Morgan fingerprint density at radius 1 is 0.840 bits per heavy atom. The number of hydrogen-bond donors (Lipinski definition) is 1. The summed E-state index contributed by atoms with van der Waals surface area (Å²) in [5, 5.41) is 3.50. The first-order chi connectivity index (χ1) is 24.0. The Balaban J connectivity index is 1.84. The maximum atomic E-state index is 14.7. The number of nitrogens with one attached hydrogen (secondary N) is 1. The average Bonchev–Trinajstić information content (AvgIpc) is 3.12. The molecule has 12 heteroatoms. The molecule has 266 valence electrons. The van der Waals surface area contributed by atoms with Gasteiger partial charge in [-0.1, -0.05) is 61.0 Å². The molecule has 0 fully saturated rings. The molecule has 10 nitrogen and oxygen atoms in total. The molecule has 0 heterocycles. The minimum absolute atomic E-state index is 0.00164. The molecule has 0 bridgehead atoms. The van der Waals surface area contributed by atoms with Crippen LogP contribution in [0.1, 0.15) is 38.3 Å². The van der Waals surface area contributed by atoms with Gasteiger partial charge in [0.1, 0.15) is 18.3 Å². The first-order valence-electron chi connectivity index (χ1n) is 16.4. The summed E-state index contributed by atoms with van der Waals surface area (Å²) in [7, 11) is -1.52. The SMILES string of the molecule is CCOc1ccc(N(CC(=O)N(Cc2cccc(Cl)c2)[C@H](Cc2ccccc2)C(=O)N[C@H](C)CC)S(=O)(=O)c2ccc(OC)c(OC)c2)cc1. The molecule has 0 unspecified atom stereocenters. The predicted octanol–water partition coefficient (Wildman–Crippen LogP) is 6.51. The van der Waals surface area contributed by atoms with E-state index in [0.717, 1.165) is 9.87 Å². The van der Waals surface area contributed by atoms with Crippen molar-refractivity contribution in [2.75, 3.05) is 31.7 Å². The lowest BCUT2D eigenvalue weighted by Crippen LogP contribution is -2.54. The number of rotatable bonds is 17. The molecule has 0 radical (unpaired) electrons. The van der Waals surface area contributed by atoms with E-state index in [2.05, 4.69) is 5.32 Å². The van der Waals surface area contributed by atoms with Crippen molar-refractivity contribution >= 4 is 39.1 Å². The summed E-state index contributed by atoms with van der Waals surface area (Å²) in [5.74, 6) is 0.146. The third kappa shape index (κ3) is 9.70. The second kappa shape index (κ2) is 17.8. The van der Waals surface area contributed by atoms with Gasteiger partial charge in [0.25, 0.3) is 10.0 Å². The Labute approximate surface area is 300 Å². The fraction of sp³-hybridized carbons (Fsp3) is 0.316. The van der Waals surface area contributed by atoms with Gasteiger partial charge in [-0.2, -0.15) is 0 Å². The van der Waals surface area contributed by atoms with Gasteiger partial charge in [0.05, 0.1) is 31.4 Å². The molecular weight excluding hydrogens is 678 g/mol. The van der Waals surface area contributed by atoms with E-state index >= 15 is 0 Å². The van der Waals surface area contributed by atoms with Crippen molar-refractivity contribution in [2.24, 2.45) is 0 Å². The first-order valence-corrected chi connectivity index (χ1v) is 18.2. The van der Waals surface area contributed by atoms with E-state index in [-0.39, 0.29) is 41.2 Å². The lowest BCUT2D eigenvalue weighted by molar-refractivity contribution is -0.140. The second-order valence-corrected chi connectivity index (χ2v) is 13.9. The number of ether oxygens (including phenoxy) is 3. The van der Waals surface area contributed by atoms with Gasteiger partial charge in [-0.25, -0.2) is 8.42 Å². The number of sulfonamides is 1. The Morgan fingerprint density at radius 3 is 2.14 bits per heavy atom. The van der Waals surface area contributed by atoms with E-state index in [1.54, 1.807) is 42.5 Å². The summed E-state index contributed by atoms with van der Waals surface area (Å²) in [6.07, 6.45) is 0.877. The third-order valence-electron chi connectivity index (χ3n) is 8.17. The van der Waals surface area contributed by atoms with E-state index in [1.165, 1.54) is 37.3 Å². The predicted molar refractivity (Wildman–Crippen MR) is 196 cm³/mol. The molecule has 0 saturated carbocycles. The highest BCUT2D eigenvalue weighted by Gasteiger charge is 2.35. The number of anilines is 1. The molecule has 4 rings (SSSR count). The smallest absolute Gasteiger partial charge is 0.264 e. The minimum Gasteiger partial charge on any atom is -0.494 e. The minimum atomic E-state index is -4.38. The van der Waals surface area contributed by atoms with Crippen LogP contribution >= 0.6 is 11.6 Å². The van der Waals surface area contributed by atoms with Gasteiger partial charge in [0, 0.05) is 30.1 Å². The van der Waals surface area contributed by atoms with Crippen LogP contribution in [0.2, 0.25) is 5.02 Å². The number of halogens is 1. The maximum absolute atomic E-state index is 14.7. The molecule has 0 aliphatic carbocycles. The summed E-state index contributed by atoms with van der Waals surface area (Å²) in [5.41, 5.74) is 1.74. The standard InChI is InChI=1S/C38H44ClN3O7S/c1-6-27(3)40-38(44)34(23-28-12-9-8-10-13-28)41(25-29-14-11-15-30(39)22-29)37(43)26-42(31-16-18-32(19-17-31)49-7-2)50(45,46)33-20-21-35(47-4)36(24-33)48-5/h8-22,24,27,34H,6-7,23,25-26H2,1-5H3,(H,40,44)/t27-,34-/m1/s1. The van der Waals surface area contributed by atoms with Crippen LogP contribution in [0.15, 0.2) is 102 Å². The molecule has 0 saturated heterocycles. The van der Waals surface area contributed by atoms with Crippen LogP contribution in [0, 0.1) is 0 Å². The fourth-order valence-electron chi connectivity index (χ4n) is 5.34. The van der Waals surface area contributed by atoms with Gasteiger partial charge in [0.15, 0.2) is 11.5 Å². The van der Waals surface area contributed by atoms with Crippen molar-refractivity contribution in [3.8, 4) is 17.2 Å². The molecule has 4 aromatic carbocycles. The number of amides is 2. The molecule has 0 spiro atoms. The zero-order chi connectivity index (χ0) is 36.3. The van der Waals surface area contributed by atoms with Crippen LogP contribution in [0.3, 0.4) is 0 Å². The summed E-state index contributed by atoms with van der Waals surface area (Å²) in [6.45, 7) is 5.50. The quantitative estimate of drug-likeness (QED) is 0.132. The normalized spacial score (nSPS) is 12.4. The molecule has 2 atom stereocenters. The van der Waals surface area contributed by atoms with E-state index in [0.29, 0.717) is 35.1 Å². The van der Waals surface area contributed by atoms with Crippen molar-refractivity contribution in [3.05, 3.63) is 113 Å². The van der Waals surface area contributed by atoms with Crippen LogP contribution in [0.5, 0.6) is 17.2 Å². The summed E-state index contributed by atoms with van der Waals surface area (Å²) in [6, 6.07) is 25.9. The zero-order valence-electron chi connectivity index (χ0n) is 29.0. The van der Waals surface area contributed by atoms with Gasteiger partial charge in [0.2, 0.25) is 11.8 Å². The van der Waals surface area contributed by atoms with Gasteiger partial charge >= 0.3 is 0 Å². The van der Waals surface area contributed by atoms with Crippen molar-refractivity contribution in [2.45, 2.75) is 57.1 Å². The van der Waals surface area contributed by atoms with Crippen molar-refractivity contribution < 1.29 is 32.2 Å². The number of benzene rings is 4. The van der Waals surface area contributed by atoms with Crippen molar-refractivity contribution in [1.82, 2.24) is 10.2 Å². The number of carbonyl (C=O) groups excluding carboxylic acids is 2. The van der Waals surface area contributed by atoms with E-state index in [4.69, 9.17) is 25.8 Å². The maximum Gasteiger partial charge on any atom is 0.264 e. The van der Waals surface area contributed by atoms with Gasteiger partial charge < -0.3 is 24.4 Å². The number of carbonyl (C=O) groups is 2. The van der Waals surface area contributed by atoms with E-state index < -0.39 is 28.5 Å². The lowest BCUT2D eigenvalue weighted by atomic mass is 10.0. The Hall–Kier alpha value is -4.74. The number of nitrogens with zero attached hydrogens (tertiary/aromatic N) is 2. The number of methoxy groups -OCH3 is 2. The van der Waals surface area contributed by atoms with Crippen LogP contribution in [-0.4, -0.2) is 64.6 Å². The van der Waals surface area contributed by atoms with E-state index in [9.17, 15) is 18.0 Å². The fourth-order valence-corrected chi connectivity index (χ4v) is 6.98. The Kier molecular flexibility index (Phi) is 13.5. The Bertz CT molecular complexity index is 1840. The summed E-state index contributed by atoms with van der Waals surface area (Å²) >= 11 is 6.34. The molecule has 0 aliphatic rings. The van der Waals surface area contributed by atoms with E-state index in [1.807, 2.05) is 57.2 Å². The van der Waals surface area contributed by atoms with Gasteiger partial charge in [-0.05, 0) is 79.9 Å². The second-order valence-electron chi connectivity index (χ2n) is 11.6. The molecule has 50 heavy (non-hydrogen) atoms. The van der Waals surface area contributed by atoms with Crippen LogP contribution in [0.4, 0.5) is 5.69 Å². The highest BCUT2D eigenvalue weighted by Crippen LogP contribution is 2.33. The molecular formula is C38H44ClN3O7S. The highest BCUT2D eigenvalue weighted by molar-refractivity contribution is 7.92. The highest BCUT2D eigenvalue weighted by atomic mass is 35.5. The van der Waals surface area contributed by atoms with Crippen molar-refractivity contribution in [3.63, 3.8) is 0 Å². The first kappa shape index (κ1) is 38.1. The number of hydrogen-bond acceptors (Lipinski definition) is 7. The van der Waals surface area contributed by atoms with Crippen LogP contribution < -0.4 is 23.8 Å². The molecule has 0 aromatic heterocycles. The third-order valence-corrected chi connectivity index (χ3v) is 10.2. The van der Waals surface area contributed by atoms with Gasteiger partial charge in [-0.3, -0.25) is 13.9 Å². The largest absolute Gasteiger partial charge is 0.494 e. The molecule has 2 amide bonds. The van der Waals surface area contributed by atoms with Crippen LogP contribution in [0.25, 0.3) is 0 Å². The average molecular weight is 722 g/mol. The Morgan fingerprint density at radius 2 is 1.52 bits per heavy atom. The molecule has 4 aromatic rings. The summed E-state index contributed by atoms with van der Waals surface area (Å²) < 4.78 is 46.3.